The number of amides is 3. The predicted octanol–water partition coefficient (Wildman–Crippen LogP) is 1.43. The number of hydrogen-bond acceptors (Lipinski definition) is 4. The van der Waals surface area contributed by atoms with Gasteiger partial charge in [0, 0.05) is 32.2 Å². The molecule has 0 bridgehead atoms. The van der Waals surface area contributed by atoms with Gasteiger partial charge in [-0.15, -0.1) is 12.4 Å². The van der Waals surface area contributed by atoms with Crippen LogP contribution in [0.2, 0.25) is 0 Å². The van der Waals surface area contributed by atoms with E-state index in [0.29, 0.717) is 19.6 Å². The highest BCUT2D eigenvalue weighted by Gasteiger charge is 2.31. The second-order valence-corrected chi connectivity index (χ2v) is 5.54. The molecule has 1 aromatic carbocycles. The van der Waals surface area contributed by atoms with Crippen LogP contribution >= 0.6 is 12.4 Å². The van der Waals surface area contributed by atoms with E-state index in [4.69, 9.17) is 0 Å². The minimum Gasteiger partial charge on any atom is -0.338 e. The average Bonchev–Trinajstić information content (AvgIpc) is 2.54. The third kappa shape index (κ3) is 5.15. The lowest BCUT2D eigenvalue weighted by Gasteiger charge is -2.39. The molecule has 3 amide bonds. The fourth-order valence-corrected chi connectivity index (χ4v) is 2.78. The summed E-state index contributed by atoms with van der Waals surface area (Å²) in [5.41, 5.74) is 0.815. The van der Waals surface area contributed by atoms with Gasteiger partial charge >= 0.3 is 6.03 Å². The second kappa shape index (κ2) is 9.56. The van der Waals surface area contributed by atoms with Crippen LogP contribution in [0.25, 0.3) is 0 Å². The molecular formula is C16H24ClFN4O2. The van der Waals surface area contributed by atoms with E-state index in [1.54, 1.807) is 19.9 Å². The molecule has 0 spiro atoms. The van der Waals surface area contributed by atoms with Crippen molar-refractivity contribution in [1.82, 2.24) is 20.9 Å². The van der Waals surface area contributed by atoms with Crippen LogP contribution in [0.4, 0.5) is 9.18 Å². The molecule has 3 N–H and O–H groups in total. The number of piperazine rings is 1. The Labute approximate surface area is 147 Å². The maximum Gasteiger partial charge on any atom is 0.321 e. The summed E-state index contributed by atoms with van der Waals surface area (Å²) in [5.74, 6) is -0.660. The zero-order chi connectivity index (χ0) is 16.8. The van der Waals surface area contributed by atoms with Gasteiger partial charge in [0.05, 0.1) is 6.04 Å². The molecule has 1 heterocycles. The Hall–Kier alpha value is -1.70. The number of benzene rings is 1. The second-order valence-electron chi connectivity index (χ2n) is 5.54. The number of urea groups is 1. The van der Waals surface area contributed by atoms with Gasteiger partial charge in [0.25, 0.3) is 0 Å². The minimum atomic E-state index is -0.498. The SMILES string of the molecule is CCNC(=O)NC(=O)C(C)N1CCNCC1c1cccc(F)c1.Cl. The Kier molecular flexibility index (Phi) is 8.10. The molecular weight excluding hydrogens is 335 g/mol. The number of nitrogens with one attached hydrogen (secondary N) is 3. The molecule has 6 nitrogen and oxygen atoms in total. The van der Waals surface area contributed by atoms with Gasteiger partial charge in [-0.1, -0.05) is 12.1 Å². The highest BCUT2D eigenvalue weighted by molar-refractivity contribution is 5.96. The van der Waals surface area contributed by atoms with E-state index in [1.165, 1.54) is 12.1 Å². The van der Waals surface area contributed by atoms with Crippen molar-refractivity contribution in [1.29, 1.82) is 0 Å². The Morgan fingerprint density at radius 1 is 1.46 bits per heavy atom. The average molecular weight is 359 g/mol. The van der Waals surface area contributed by atoms with Crippen LogP contribution in [0.3, 0.4) is 0 Å². The monoisotopic (exact) mass is 358 g/mol. The van der Waals surface area contributed by atoms with E-state index in [0.717, 1.165) is 12.1 Å². The van der Waals surface area contributed by atoms with Crippen LogP contribution in [0.15, 0.2) is 24.3 Å². The number of carbonyl (C=O) groups is 2. The number of hydrogen-bond donors (Lipinski definition) is 3. The normalized spacial score (nSPS) is 19.0. The van der Waals surface area contributed by atoms with Crippen LogP contribution in [0, 0.1) is 5.82 Å². The zero-order valence-corrected chi connectivity index (χ0v) is 14.7. The zero-order valence-electron chi connectivity index (χ0n) is 13.8. The maximum atomic E-state index is 13.5. The van der Waals surface area contributed by atoms with Crippen molar-refractivity contribution >= 4 is 24.3 Å². The molecule has 1 aliphatic heterocycles. The van der Waals surface area contributed by atoms with Gasteiger partial charge in [0.1, 0.15) is 5.82 Å². The van der Waals surface area contributed by atoms with E-state index >= 15 is 0 Å². The van der Waals surface area contributed by atoms with Crippen molar-refractivity contribution in [2.24, 2.45) is 0 Å². The summed E-state index contributed by atoms with van der Waals surface area (Å²) in [5, 5.41) is 8.13. The van der Waals surface area contributed by atoms with Gasteiger partial charge < -0.3 is 10.6 Å². The van der Waals surface area contributed by atoms with Crippen molar-refractivity contribution < 1.29 is 14.0 Å². The number of carbonyl (C=O) groups excluding carboxylic acids is 2. The number of halogens is 2. The van der Waals surface area contributed by atoms with Crippen molar-refractivity contribution in [2.45, 2.75) is 25.9 Å². The number of nitrogens with zero attached hydrogens (tertiary/aromatic N) is 1. The summed E-state index contributed by atoms with van der Waals surface area (Å²) in [6, 6.07) is 5.29. The molecule has 24 heavy (non-hydrogen) atoms. The first-order valence-electron chi connectivity index (χ1n) is 7.83. The van der Waals surface area contributed by atoms with Crippen molar-refractivity contribution in [3.63, 3.8) is 0 Å². The molecule has 1 fully saturated rings. The van der Waals surface area contributed by atoms with Gasteiger partial charge in [0.2, 0.25) is 5.91 Å². The fourth-order valence-electron chi connectivity index (χ4n) is 2.78. The van der Waals surface area contributed by atoms with Gasteiger partial charge in [-0.25, -0.2) is 9.18 Å². The molecule has 0 aliphatic carbocycles. The van der Waals surface area contributed by atoms with Gasteiger partial charge in [-0.2, -0.15) is 0 Å². The summed E-state index contributed by atoms with van der Waals surface area (Å²) in [6.45, 7) is 6.00. The quantitative estimate of drug-likeness (QED) is 0.761. The standard InChI is InChI=1S/C16H23FN4O2.ClH/c1-3-19-16(23)20-15(22)11(2)21-8-7-18-10-14(21)12-5-4-6-13(17)9-12;/h4-6,9,11,14,18H,3,7-8,10H2,1-2H3,(H2,19,20,22,23);1H. The lowest BCUT2D eigenvalue weighted by molar-refractivity contribution is -0.126. The largest absolute Gasteiger partial charge is 0.338 e. The summed E-state index contributed by atoms with van der Waals surface area (Å²) >= 11 is 0. The molecule has 0 aromatic heterocycles. The van der Waals surface area contributed by atoms with E-state index in [-0.39, 0.29) is 30.2 Å². The lowest BCUT2D eigenvalue weighted by atomic mass is 10.0. The third-order valence-corrected chi connectivity index (χ3v) is 3.97. The molecule has 8 heteroatoms. The molecule has 1 aromatic rings. The van der Waals surface area contributed by atoms with Crippen LogP contribution in [-0.2, 0) is 4.79 Å². The third-order valence-electron chi connectivity index (χ3n) is 3.97. The Morgan fingerprint density at radius 2 is 2.21 bits per heavy atom. The molecule has 1 aliphatic rings. The van der Waals surface area contributed by atoms with Gasteiger partial charge in [-0.05, 0) is 31.5 Å². The first-order valence-corrected chi connectivity index (χ1v) is 7.83. The predicted molar refractivity (Wildman–Crippen MR) is 92.6 cm³/mol. The Bertz CT molecular complexity index is 573. The fraction of sp³-hybridized carbons (Fsp3) is 0.500. The van der Waals surface area contributed by atoms with E-state index in [2.05, 4.69) is 16.0 Å². The van der Waals surface area contributed by atoms with Crippen molar-refractivity contribution in [2.75, 3.05) is 26.2 Å². The molecule has 2 atom stereocenters. The Morgan fingerprint density at radius 3 is 2.88 bits per heavy atom. The van der Waals surface area contributed by atoms with Crippen molar-refractivity contribution in [3.8, 4) is 0 Å². The topological polar surface area (TPSA) is 73.5 Å². The first kappa shape index (κ1) is 20.3. The highest BCUT2D eigenvalue weighted by atomic mass is 35.5. The number of imide groups is 1. The molecule has 2 unspecified atom stereocenters. The molecule has 0 saturated carbocycles. The first-order chi connectivity index (χ1) is 11.0. The van der Waals surface area contributed by atoms with E-state index in [1.807, 2.05) is 11.0 Å². The highest BCUT2D eigenvalue weighted by Crippen LogP contribution is 2.25. The maximum absolute atomic E-state index is 13.5. The van der Waals surface area contributed by atoms with Crippen LogP contribution in [-0.4, -0.2) is 49.1 Å². The Balaban J connectivity index is 0.00000288. The van der Waals surface area contributed by atoms with E-state index < -0.39 is 12.1 Å². The summed E-state index contributed by atoms with van der Waals surface area (Å²) in [4.78, 5) is 25.8. The smallest absolute Gasteiger partial charge is 0.321 e. The summed E-state index contributed by atoms with van der Waals surface area (Å²) in [6.07, 6.45) is 0. The van der Waals surface area contributed by atoms with Crippen LogP contribution in [0.5, 0.6) is 0 Å². The molecule has 134 valence electrons. The van der Waals surface area contributed by atoms with Gasteiger partial charge in [-0.3, -0.25) is 15.0 Å². The molecule has 2 rings (SSSR count). The molecule has 0 radical (unpaired) electrons. The minimum absolute atomic E-state index is 0. The summed E-state index contributed by atoms with van der Waals surface area (Å²) in [7, 11) is 0. The van der Waals surface area contributed by atoms with E-state index in [9.17, 15) is 14.0 Å². The molecule has 1 saturated heterocycles. The van der Waals surface area contributed by atoms with Crippen LogP contribution < -0.4 is 16.0 Å². The van der Waals surface area contributed by atoms with Gasteiger partial charge in [0.15, 0.2) is 0 Å². The van der Waals surface area contributed by atoms with Crippen molar-refractivity contribution in [3.05, 3.63) is 35.6 Å². The summed E-state index contributed by atoms with van der Waals surface area (Å²) < 4.78 is 13.5. The van der Waals surface area contributed by atoms with Crippen LogP contribution in [0.1, 0.15) is 25.5 Å². The lowest BCUT2D eigenvalue weighted by Crippen LogP contribution is -2.55. The number of rotatable bonds is 4.